The quantitative estimate of drug-likeness (QED) is 0.333. The molecule has 182 valence electrons. The summed E-state index contributed by atoms with van der Waals surface area (Å²) in [7, 11) is -4.43. The molecule has 0 saturated carbocycles. The molecule has 0 saturated heterocycles. The van der Waals surface area contributed by atoms with Crippen LogP contribution in [-0.2, 0) is 16.4 Å². The SMILES string of the molecule is O=C(N[C@@H](Cc1ccccc1)c1nccn1-c1ccc2occc2c1)NS(=O)(=O)c1ccccc1F. The standard InChI is InChI=1S/C26H21FN4O4S/c27-21-8-4-5-9-24(21)36(33,34)30-26(32)29-22(16-18-6-2-1-3-7-18)25-28-13-14-31(25)20-10-11-23-19(17-20)12-15-35-23/h1-15,17,22H,16H2,(H2,29,30,32)/t22-/m0/s1. The van der Waals surface area contributed by atoms with Crippen LogP contribution in [0.5, 0.6) is 0 Å². The summed E-state index contributed by atoms with van der Waals surface area (Å²) in [5.74, 6) is -0.469. The molecule has 2 aromatic heterocycles. The van der Waals surface area contributed by atoms with E-state index in [1.807, 2.05) is 63.9 Å². The average molecular weight is 505 g/mol. The van der Waals surface area contributed by atoms with Crippen LogP contribution >= 0.6 is 0 Å². The molecule has 0 aliphatic heterocycles. The van der Waals surface area contributed by atoms with E-state index in [1.54, 1.807) is 18.7 Å². The first-order chi connectivity index (χ1) is 17.4. The number of sulfonamides is 1. The van der Waals surface area contributed by atoms with Gasteiger partial charge in [0.1, 0.15) is 22.1 Å². The average Bonchev–Trinajstić information content (AvgIpc) is 3.53. The number of carbonyl (C=O) groups excluding carboxylic acids is 1. The number of amides is 2. The zero-order chi connectivity index (χ0) is 25.1. The van der Waals surface area contributed by atoms with Crippen molar-refractivity contribution in [2.24, 2.45) is 0 Å². The van der Waals surface area contributed by atoms with Gasteiger partial charge in [-0.3, -0.25) is 0 Å². The number of carbonyl (C=O) groups is 1. The van der Waals surface area contributed by atoms with E-state index in [0.29, 0.717) is 12.2 Å². The van der Waals surface area contributed by atoms with Crippen LogP contribution in [0.1, 0.15) is 17.4 Å². The van der Waals surface area contributed by atoms with Gasteiger partial charge >= 0.3 is 6.03 Å². The van der Waals surface area contributed by atoms with Crippen LogP contribution in [0.15, 0.2) is 107 Å². The van der Waals surface area contributed by atoms with Gasteiger partial charge in [-0.2, -0.15) is 0 Å². The first-order valence-corrected chi connectivity index (χ1v) is 12.5. The van der Waals surface area contributed by atoms with E-state index in [-0.39, 0.29) is 0 Å². The second-order valence-corrected chi connectivity index (χ2v) is 9.70. The van der Waals surface area contributed by atoms with E-state index in [0.717, 1.165) is 34.4 Å². The second-order valence-electron chi connectivity index (χ2n) is 8.05. The highest BCUT2D eigenvalue weighted by atomic mass is 32.2. The zero-order valence-corrected chi connectivity index (χ0v) is 19.7. The van der Waals surface area contributed by atoms with Crippen LogP contribution in [0.2, 0.25) is 0 Å². The van der Waals surface area contributed by atoms with Gasteiger partial charge in [0.25, 0.3) is 10.0 Å². The molecule has 3 aromatic carbocycles. The first-order valence-electron chi connectivity index (χ1n) is 11.0. The summed E-state index contributed by atoms with van der Waals surface area (Å²) in [6, 6.07) is 20.0. The Bertz CT molecular complexity index is 1630. The maximum absolute atomic E-state index is 14.1. The van der Waals surface area contributed by atoms with Crippen molar-refractivity contribution in [1.82, 2.24) is 19.6 Å². The molecular formula is C26H21FN4O4S. The molecular weight excluding hydrogens is 483 g/mol. The normalized spacial score (nSPS) is 12.4. The van der Waals surface area contributed by atoms with Crippen molar-refractivity contribution < 1.29 is 22.0 Å². The van der Waals surface area contributed by atoms with E-state index in [9.17, 15) is 17.6 Å². The lowest BCUT2D eigenvalue weighted by Gasteiger charge is -2.20. The predicted octanol–water partition coefficient (Wildman–Crippen LogP) is 4.73. The Kier molecular flexibility index (Phi) is 6.26. The molecule has 36 heavy (non-hydrogen) atoms. The number of imidazole rings is 1. The largest absolute Gasteiger partial charge is 0.464 e. The third-order valence-corrected chi connectivity index (χ3v) is 7.00. The smallest absolute Gasteiger partial charge is 0.329 e. The molecule has 0 aliphatic carbocycles. The molecule has 5 aromatic rings. The number of aromatic nitrogens is 2. The Hall–Kier alpha value is -4.44. The first kappa shape index (κ1) is 23.3. The number of furan rings is 1. The summed E-state index contributed by atoms with van der Waals surface area (Å²) in [5, 5.41) is 3.60. The number of nitrogens with zero attached hydrogens (tertiary/aromatic N) is 2. The van der Waals surface area contributed by atoms with Crippen molar-refractivity contribution >= 4 is 27.0 Å². The molecule has 0 radical (unpaired) electrons. The van der Waals surface area contributed by atoms with Crippen molar-refractivity contribution in [3.05, 3.63) is 115 Å². The lowest BCUT2D eigenvalue weighted by Crippen LogP contribution is -2.42. The third kappa shape index (κ3) is 4.84. The second kappa shape index (κ2) is 9.67. The number of fused-ring (bicyclic) bond motifs is 1. The Labute approximate surface area is 206 Å². The molecule has 1 atom stereocenters. The summed E-state index contributed by atoms with van der Waals surface area (Å²) >= 11 is 0. The van der Waals surface area contributed by atoms with Gasteiger partial charge in [-0.05, 0) is 48.4 Å². The number of benzene rings is 3. The van der Waals surface area contributed by atoms with Crippen molar-refractivity contribution in [1.29, 1.82) is 0 Å². The highest BCUT2D eigenvalue weighted by molar-refractivity contribution is 7.90. The minimum atomic E-state index is -4.43. The summed E-state index contributed by atoms with van der Waals surface area (Å²) < 4.78 is 48.5. The fraction of sp³-hybridized carbons (Fsp3) is 0.0769. The van der Waals surface area contributed by atoms with Crippen LogP contribution in [0.4, 0.5) is 9.18 Å². The maximum Gasteiger partial charge on any atom is 0.329 e. The van der Waals surface area contributed by atoms with Gasteiger partial charge in [0.05, 0.1) is 12.3 Å². The van der Waals surface area contributed by atoms with Crippen LogP contribution < -0.4 is 10.0 Å². The highest BCUT2D eigenvalue weighted by Gasteiger charge is 2.25. The monoisotopic (exact) mass is 504 g/mol. The molecule has 2 heterocycles. The molecule has 0 bridgehead atoms. The number of halogens is 1. The molecule has 0 aliphatic rings. The van der Waals surface area contributed by atoms with Crippen molar-refractivity contribution in [2.45, 2.75) is 17.4 Å². The minimum absolute atomic E-state index is 0.332. The molecule has 2 amide bonds. The third-order valence-electron chi connectivity index (χ3n) is 5.64. The maximum atomic E-state index is 14.1. The highest BCUT2D eigenvalue weighted by Crippen LogP contribution is 2.24. The van der Waals surface area contributed by atoms with Crippen LogP contribution in [0.25, 0.3) is 16.7 Å². The fourth-order valence-electron chi connectivity index (χ4n) is 3.98. The van der Waals surface area contributed by atoms with E-state index < -0.39 is 32.8 Å². The van der Waals surface area contributed by atoms with Gasteiger partial charge in [0, 0.05) is 23.5 Å². The van der Waals surface area contributed by atoms with Gasteiger partial charge in [0.15, 0.2) is 0 Å². The Morgan fingerprint density at radius 2 is 1.81 bits per heavy atom. The molecule has 2 N–H and O–H groups in total. The van der Waals surface area contributed by atoms with Gasteiger partial charge < -0.3 is 14.3 Å². The van der Waals surface area contributed by atoms with Gasteiger partial charge in [0.2, 0.25) is 0 Å². The lowest BCUT2D eigenvalue weighted by molar-refractivity contribution is 0.241. The summed E-state index contributed by atoms with van der Waals surface area (Å²) in [5.41, 5.74) is 2.42. The molecule has 0 fully saturated rings. The van der Waals surface area contributed by atoms with E-state index in [2.05, 4.69) is 10.3 Å². The molecule has 0 spiro atoms. The van der Waals surface area contributed by atoms with Crippen LogP contribution in [0.3, 0.4) is 0 Å². The lowest BCUT2D eigenvalue weighted by atomic mass is 10.1. The number of rotatable bonds is 7. The Balaban J connectivity index is 1.46. The Morgan fingerprint density at radius 1 is 1.03 bits per heavy atom. The summed E-state index contributed by atoms with van der Waals surface area (Å²) in [6.45, 7) is 0. The van der Waals surface area contributed by atoms with Crippen LogP contribution in [0, 0.1) is 5.82 Å². The number of hydrogen-bond donors (Lipinski definition) is 2. The van der Waals surface area contributed by atoms with Crippen molar-refractivity contribution in [2.75, 3.05) is 0 Å². The van der Waals surface area contributed by atoms with Gasteiger partial charge in [-0.15, -0.1) is 0 Å². The fourth-order valence-corrected chi connectivity index (χ4v) is 4.97. The number of nitrogens with one attached hydrogen (secondary N) is 2. The summed E-state index contributed by atoms with van der Waals surface area (Å²) in [6.07, 6.45) is 5.29. The van der Waals surface area contributed by atoms with Gasteiger partial charge in [-0.1, -0.05) is 42.5 Å². The predicted molar refractivity (Wildman–Crippen MR) is 131 cm³/mol. The van der Waals surface area contributed by atoms with Crippen LogP contribution in [-0.4, -0.2) is 24.0 Å². The molecule has 5 rings (SSSR count). The topological polar surface area (TPSA) is 106 Å². The minimum Gasteiger partial charge on any atom is -0.464 e. The van der Waals surface area contributed by atoms with Crippen molar-refractivity contribution in [3.8, 4) is 5.69 Å². The number of hydrogen-bond acceptors (Lipinski definition) is 5. The van der Waals surface area contributed by atoms with Gasteiger partial charge in [-0.25, -0.2) is 27.3 Å². The van der Waals surface area contributed by atoms with E-state index in [1.165, 1.54) is 12.1 Å². The molecule has 10 heteroatoms. The molecule has 0 unspecified atom stereocenters. The van der Waals surface area contributed by atoms with E-state index >= 15 is 0 Å². The number of urea groups is 1. The zero-order valence-electron chi connectivity index (χ0n) is 18.8. The summed E-state index contributed by atoms with van der Waals surface area (Å²) in [4.78, 5) is 16.7. The Morgan fingerprint density at radius 3 is 2.61 bits per heavy atom. The van der Waals surface area contributed by atoms with E-state index in [4.69, 9.17) is 4.42 Å². The molecule has 8 nitrogen and oxygen atoms in total. The van der Waals surface area contributed by atoms with Crippen molar-refractivity contribution in [3.63, 3.8) is 0 Å².